The van der Waals surface area contributed by atoms with Gasteiger partial charge >= 0.3 is 0 Å². The van der Waals surface area contributed by atoms with Gasteiger partial charge in [0.2, 0.25) is 0 Å². The molecule has 1 unspecified atom stereocenters. The first kappa shape index (κ1) is 20.9. The number of benzene rings is 1. The molecule has 0 radical (unpaired) electrons. The minimum absolute atomic E-state index is 0.495. The molecule has 0 aliphatic carbocycles. The number of rotatable bonds is 9. The first-order valence-corrected chi connectivity index (χ1v) is 9.68. The van der Waals surface area contributed by atoms with E-state index in [4.69, 9.17) is 0 Å². The summed E-state index contributed by atoms with van der Waals surface area (Å²) in [6.45, 7) is 6.98. The number of aromatic nitrogens is 1. The number of hydrogen-bond donors (Lipinski definition) is 2. The number of nitrogens with zero attached hydrogens (tertiary/aromatic N) is 3. The van der Waals surface area contributed by atoms with Crippen molar-refractivity contribution in [3.05, 3.63) is 65.5 Å². The molecule has 1 aromatic heterocycles. The van der Waals surface area contributed by atoms with Crippen LogP contribution in [0.15, 0.2) is 53.7 Å². The molecule has 5 nitrogen and oxygen atoms in total. The second kappa shape index (κ2) is 11.3. The molecular weight excluding hydrogens is 334 g/mol. The Morgan fingerprint density at radius 3 is 2.48 bits per heavy atom. The molecule has 5 heteroatoms. The maximum Gasteiger partial charge on any atom is 0.190 e. The molecule has 0 saturated heterocycles. The van der Waals surface area contributed by atoms with Crippen LogP contribution in [0.2, 0.25) is 0 Å². The lowest BCUT2D eigenvalue weighted by Crippen LogP contribution is -2.40. The van der Waals surface area contributed by atoms with Gasteiger partial charge in [-0.15, -0.1) is 0 Å². The Kier molecular flexibility index (Phi) is 8.78. The molecule has 0 aliphatic rings. The Morgan fingerprint density at radius 2 is 1.81 bits per heavy atom. The normalized spacial score (nSPS) is 12.9. The Bertz CT molecular complexity index is 682. The van der Waals surface area contributed by atoms with Crippen LogP contribution in [0.25, 0.3) is 0 Å². The van der Waals surface area contributed by atoms with E-state index in [-0.39, 0.29) is 0 Å². The van der Waals surface area contributed by atoms with Crippen molar-refractivity contribution in [2.45, 2.75) is 39.3 Å². The number of hydrogen-bond acceptors (Lipinski definition) is 3. The highest BCUT2D eigenvalue weighted by Gasteiger charge is 2.09. The summed E-state index contributed by atoms with van der Waals surface area (Å²) in [7, 11) is 3.99. The Labute approximate surface area is 163 Å². The van der Waals surface area contributed by atoms with Crippen LogP contribution in [-0.2, 0) is 13.0 Å². The van der Waals surface area contributed by atoms with Crippen molar-refractivity contribution < 1.29 is 0 Å². The van der Waals surface area contributed by atoms with Gasteiger partial charge < -0.3 is 10.6 Å². The molecule has 0 saturated carbocycles. The number of aliphatic imine (C=N–C) groups is 1. The third-order valence-electron chi connectivity index (χ3n) is 4.78. The lowest BCUT2D eigenvalue weighted by atomic mass is 10.1. The molecule has 0 spiro atoms. The van der Waals surface area contributed by atoms with E-state index >= 15 is 0 Å². The summed E-state index contributed by atoms with van der Waals surface area (Å²) in [5.74, 6) is 0.855. The Balaban J connectivity index is 1.65. The molecule has 2 N–H and O–H groups in total. The van der Waals surface area contributed by atoms with Gasteiger partial charge in [0.05, 0.1) is 0 Å². The Hall–Kier alpha value is -2.40. The van der Waals surface area contributed by atoms with Crippen molar-refractivity contribution in [3.63, 3.8) is 0 Å². The van der Waals surface area contributed by atoms with Gasteiger partial charge in [-0.1, -0.05) is 36.4 Å². The van der Waals surface area contributed by atoms with Crippen LogP contribution in [0.4, 0.5) is 0 Å². The predicted molar refractivity (Wildman–Crippen MR) is 114 cm³/mol. The van der Waals surface area contributed by atoms with E-state index in [2.05, 4.69) is 81.9 Å². The van der Waals surface area contributed by atoms with Crippen LogP contribution in [-0.4, -0.2) is 49.1 Å². The monoisotopic (exact) mass is 367 g/mol. The SMILES string of the molecule is CN=C(NCCc1ccc(C)nc1)NCCC(C)N(C)Cc1ccccc1. The molecule has 1 aromatic carbocycles. The topological polar surface area (TPSA) is 52.6 Å². The van der Waals surface area contributed by atoms with Gasteiger partial charge in [-0.2, -0.15) is 0 Å². The molecular formula is C22H33N5. The summed E-state index contributed by atoms with van der Waals surface area (Å²) in [4.78, 5) is 11.0. The van der Waals surface area contributed by atoms with E-state index in [1.54, 1.807) is 0 Å². The largest absolute Gasteiger partial charge is 0.356 e. The lowest BCUT2D eigenvalue weighted by molar-refractivity contribution is 0.238. The van der Waals surface area contributed by atoms with Gasteiger partial charge in [-0.25, -0.2) is 0 Å². The van der Waals surface area contributed by atoms with Crippen molar-refractivity contribution in [1.29, 1.82) is 0 Å². The first-order valence-electron chi connectivity index (χ1n) is 9.68. The number of aryl methyl sites for hydroxylation is 1. The molecule has 146 valence electrons. The van der Waals surface area contributed by atoms with Gasteiger partial charge in [-0.3, -0.25) is 14.9 Å². The second-order valence-corrected chi connectivity index (χ2v) is 7.02. The molecule has 0 fully saturated rings. The quantitative estimate of drug-likeness (QED) is 0.528. The van der Waals surface area contributed by atoms with E-state index in [1.807, 2.05) is 20.2 Å². The zero-order valence-electron chi connectivity index (χ0n) is 17.1. The van der Waals surface area contributed by atoms with Crippen LogP contribution in [0.1, 0.15) is 30.2 Å². The van der Waals surface area contributed by atoms with Gasteiger partial charge in [0.15, 0.2) is 5.96 Å². The van der Waals surface area contributed by atoms with Crippen LogP contribution < -0.4 is 10.6 Å². The third kappa shape index (κ3) is 7.79. The van der Waals surface area contributed by atoms with E-state index < -0.39 is 0 Å². The molecule has 0 amide bonds. The van der Waals surface area contributed by atoms with Gasteiger partial charge in [-0.05, 0) is 50.9 Å². The van der Waals surface area contributed by atoms with Crippen molar-refractivity contribution in [2.75, 3.05) is 27.2 Å². The molecule has 0 bridgehead atoms. The minimum atomic E-state index is 0.495. The molecule has 27 heavy (non-hydrogen) atoms. The van der Waals surface area contributed by atoms with Gasteiger partial charge in [0, 0.05) is 44.6 Å². The lowest BCUT2D eigenvalue weighted by Gasteiger charge is -2.25. The van der Waals surface area contributed by atoms with E-state index in [1.165, 1.54) is 11.1 Å². The standard InChI is InChI=1S/C22H33N5/c1-18-10-11-20(16-26-18)13-15-25-22(23-3)24-14-12-19(2)27(4)17-21-8-6-5-7-9-21/h5-11,16,19H,12-15,17H2,1-4H3,(H2,23,24,25). The predicted octanol–water partition coefficient (Wildman–Crippen LogP) is 3.01. The smallest absolute Gasteiger partial charge is 0.190 e. The molecule has 2 rings (SSSR count). The molecule has 1 atom stereocenters. The van der Waals surface area contributed by atoms with Crippen LogP contribution >= 0.6 is 0 Å². The number of guanidine groups is 1. The van der Waals surface area contributed by atoms with E-state index in [0.717, 1.165) is 44.1 Å². The molecule has 0 aliphatic heterocycles. The minimum Gasteiger partial charge on any atom is -0.356 e. The van der Waals surface area contributed by atoms with E-state index in [9.17, 15) is 0 Å². The van der Waals surface area contributed by atoms with Crippen LogP contribution in [0, 0.1) is 6.92 Å². The highest BCUT2D eigenvalue weighted by molar-refractivity contribution is 5.79. The molecule has 2 aromatic rings. The second-order valence-electron chi connectivity index (χ2n) is 7.02. The summed E-state index contributed by atoms with van der Waals surface area (Å²) in [6.07, 6.45) is 3.94. The van der Waals surface area contributed by atoms with Gasteiger partial charge in [0.25, 0.3) is 0 Å². The summed E-state index contributed by atoms with van der Waals surface area (Å²) < 4.78 is 0. The highest BCUT2D eigenvalue weighted by atomic mass is 15.2. The van der Waals surface area contributed by atoms with Crippen molar-refractivity contribution in [3.8, 4) is 0 Å². The Morgan fingerprint density at radius 1 is 1.07 bits per heavy atom. The van der Waals surface area contributed by atoms with Crippen molar-refractivity contribution >= 4 is 5.96 Å². The molecule has 1 heterocycles. The fourth-order valence-corrected chi connectivity index (χ4v) is 2.84. The fourth-order valence-electron chi connectivity index (χ4n) is 2.84. The maximum atomic E-state index is 4.33. The highest BCUT2D eigenvalue weighted by Crippen LogP contribution is 2.07. The zero-order valence-corrected chi connectivity index (χ0v) is 17.1. The van der Waals surface area contributed by atoms with Crippen LogP contribution in [0.3, 0.4) is 0 Å². The van der Waals surface area contributed by atoms with E-state index in [0.29, 0.717) is 6.04 Å². The first-order chi connectivity index (χ1) is 13.1. The summed E-state index contributed by atoms with van der Waals surface area (Å²) in [5.41, 5.74) is 3.64. The maximum absolute atomic E-state index is 4.33. The van der Waals surface area contributed by atoms with Crippen LogP contribution in [0.5, 0.6) is 0 Å². The fraction of sp³-hybridized carbons (Fsp3) is 0.455. The third-order valence-corrected chi connectivity index (χ3v) is 4.78. The summed E-state index contributed by atoms with van der Waals surface area (Å²) >= 11 is 0. The average molecular weight is 368 g/mol. The summed E-state index contributed by atoms with van der Waals surface area (Å²) in [5, 5.41) is 6.78. The van der Waals surface area contributed by atoms with Crippen molar-refractivity contribution in [1.82, 2.24) is 20.5 Å². The zero-order chi connectivity index (χ0) is 19.5. The summed E-state index contributed by atoms with van der Waals surface area (Å²) in [6, 6.07) is 15.3. The van der Waals surface area contributed by atoms with Gasteiger partial charge in [0.1, 0.15) is 0 Å². The number of nitrogens with one attached hydrogen (secondary N) is 2. The van der Waals surface area contributed by atoms with Crippen molar-refractivity contribution in [2.24, 2.45) is 4.99 Å². The average Bonchev–Trinajstić information content (AvgIpc) is 2.68. The number of pyridine rings is 1.